The maximum absolute atomic E-state index is 11.6. The number of hydrogen-bond donors (Lipinski definition) is 1. The molecule has 2 aliphatic heterocycles. The summed E-state index contributed by atoms with van der Waals surface area (Å²) >= 11 is 0. The van der Waals surface area contributed by atoms with Crippen molar-refractivity contribution >= 4 is 12.2 Å². The number of carbonyl (C=O) groups excluding carboxylic acids is 1. The summed E-state index contributed by atoms with van der Waals surface area (Å²) in [5, 5.41) is 3.89. The second-order valence-corrected chi connectivity index (χ2v) is 4.53. The number of hydrazone groups is 1. The van der Waals surface area contributed by atoms with E-state index >= 15 is 0 Å². The third-order valence-corrected chi connectivity index (χ3v) is 3.81. The van der Waals surface area contributed by atoms with Gasteiger partial charge < -0.3 is 4.90 Å². The van der Waals surface area contributed by atoms with E-state index in [-0.39, 0.29) is 11.9 Å². The summed E-state index contributed by atoms with van der Waals surface area (Å²) in [5.74, 6) is 0.811. The molecule has 1 saturated heterocycles. The highest BCUT2D eigenvalue weighted by atomic mass is 16.2. The third kappa shape index (κ3) is 1.06. The Labute approximate surface area is 83.3 Å². The topological polar surface area (TPSA) is 44.7 Å². The number of hydrogen-bond acceptors (Lipinski definition) is 3. The molecular formula is C10H15N3O. The predicted octanol–water partition coefficient (Wildman–Crippen LogP) is 0.693. The lowest BCUT2D eigenvalue weighted by atomic mass is 9.85. The molecule has 1 saturated carbocycles. The molecule has 76 valence electrons. The summed E-state index contributed by atoms with van der Waals surface area (Å²) in [6.45, 7) is 0. The van der Waals surface area contributed by atoms with Gasteiger partial charge in [-0.15, -0.1) is 0 Å². The molecular weight excluding hydrogens is 178 g/mol. The highest BCUT2D eigenvalue weighted by Crippen LogP contribution is 2.39. The lowest BCUT2D eigenvalue weighted by Gasteiger charge is -2.33. The summed E-state index contributed by atoms with van der Waals surface area (Å²) < 4.78 is 0. The molecule has 3 rings (SSSR count). The van der Waals surface area contributed by atoms with Gasteiger partial charge in [0, 0.05) is 6.04 Å². The maximum atomic E-state index is 11.6. The van der Waals surface area contributed by atoms with Crippen LogP contribution >= 0.6 is 0 Å². The van der Waals surface area contributed by atoms with Gasteiger partial charge in [0.05, 0.1) is 0 Å². The smallest absolute Gasteiger partial charge is 0.262 e. The second-order valence-electron chi connectivity index (χ2n) is 4.53. The van der Waals surface area contributed by atoms with E-state index in [1.165, 1.54) is 25.7 Å². The van der Waals surface area contributed by atoms with Crippen LogP contribution in [0.4, 0.5) is 0 Å². The van der Waals surface area contributed by atoms with Crippen LogP contribution in [0.1, 0.15) is 32.1 Å². The van der Waals surface area contributed by atoms with Crippen molar-refractivity contribution in [2.75, 3.05) is 0 Å². The molecule has 3 unspecified atom stereocenters. The normalized spacial score (nSPS) is 40.4. The number of amides is 1. The standard InChI is InChI=1S/C10H15N3O/c14-10-9-5-7-3-1-2-4-8(7)13(9)6-11-12-10/h6-9H,1-5H2,(H,12,14). The highest BCUT2D eigenvalue weighted by Gasteiger charge is 2.45. The van der Waals surface area contributed by atoms with Gasteiger partial charge in [-0.25, -0.2) is 5.43 Å². The first-order valence-electron chi connectivity index (χ1n) is 5.47. The molecule has 4 nitrogen and oxygen atoms in total. The van der Waals surface area contributed by atoms with Crippen molar-refractivity contribution in [2.24, 2.45) is 11.0 Å². The number of fused-ring (bicyclic) bond motifs is 3. The van der Waals surface area contributed by atoms with Crippen molar-refractivity contribution < 1.29 is 4.79 Å². The van der Waals surface area contributed by atoms with E-state index in [4.69, 9.17) is 0 Å². The monoisotopic (exact) mass is 193 g/mol. The summed E-state index contributed by atoms with van der Waals surface area (Å²) in [4.78, 5) is 13.7. The minimum absolute atomic E-state index is 0.0700. The Balaban J connectivity index is 1.88. The van der Waals surface area contributed by atoms with Crippen molar-refractivity contribution in [1.29, 1.82) is 0 Å². The van der Waals surface area contributed by atoms with E-state index in [9.17, 15) is 4.79 Å². The molecule has 14 heavy (non-hydrogen) atoms. The van der Waals surface area contributed by atoms with Crippen LogP contribution < -0.4 is 5.43 Å². The lowest BCUT2D eigenvalue weighted by molar-refractivity contribution is -0.125. The Kier molecular flexibility index (Phi) is 1.75. The van der Waals surface area contributed by atoms with Crippen LogP contribution in [0.15, 0.2) is 5.10 Å². The Morgan fingerprint density at radius 2 is 2.29 bits per heavy atom. The zero-order valence-electron chi connectivity index (χ0n) is 8.15. The minimum Gasteiger partial charge on any atom is -0.346 e. The van der Waals surface area contributed by atoms with Gasteiger partial charge in [-0.05, 0) is 25.2 Å². The van der Waals surface area contributed by atoms with Crippen LogP contribution in [0.3, 0.4) is 0 Å². The fourth-order valence-electron chi connectivity index (χ4n) is 3.14. The van der Waals surface area contributed by atoms with Gasteiger partial charge >= 0.3 is 0 Å². The van der Waals surface area contributed by atoms with Gasteiger partial charge in [-0.2, -0.15) is 5.10 Å². The first kappa shape index (κ1) is 8.26. The molecule has 2 heterocycles. The number of carbonyl (C=O) groups is 1. The van der Waals surface area contributed by atoms with E-state index in [2.05, 4.69) is 15.4 Å². The van der Waals surface area contributed by atoms with Crippen LogP contribution in [0.25, 0.3) is 0 Å². The largest absolute Gasteiger partial charge is 0.346 e. The fourth-order valence-corrected chi connectivity index (χ4v) is 3.14. The Hall–Kier alpha value is -1.06. The Morgan fingerprint density at radius 3 is 3.21 bits per heavy atom. The van der Waals surface area contributed by atoms with E-state index in [1.807, 2.05) is 6.34 Å². The van der Waals surface area contributed by atoms with Crippen LogP contribution in [0.2, 0.25) is 0 Å². The minimum atomic E-state index is 0.0700. The molecule has 3 aliphatic rings. The third-order valence-electron chi connectivity index (χ3n) is 3.81. The van der Waals surface area contributed by atoms with E-state index in [0.717, 1.165) is 12.3 Å². The van der Waals surface area contributed by atoms with Gasteiger partial charge in [-0.1, -0.05) is 12.8 Å². The molecule has 1 aliphatic carbocycles. The molecule has 0 spiro atoms. The maximum Gasteiger partial charge on any atom is 0.262 e. The van der Waals surface area contributed by atoms with Crippen molar-refractivity contribution in [3.05, 3.63) is 0 Å². The SMILES string of the molecule is O=C1NN=CN2C1CC1CCCCC12. The molecule has 1 amide bonds. The lowest BCUT2D eigenvalue weighted by Crippen LogP contribution is -2.48. The summed E-state index contributed by atoms with van der Waals surface area (Å²) in [6, 6.07) is 0.657. The van der Waals surface area contributed by atoms with Crippen LogP contribution in [-0.4, -0.2) is 29.2 Å². The molecule has 0 aromatic carbocycles. The predicted molar refractivity (Wildman–Crippen MR) is 52.6 cm³/mol. The summed E-state index contributed by atoms with van der Waals surface area (Å²) in [6.07, 6.45) is 8.02. The summed E-state index contributed by atoms with van der Waals surface area (Å²) in [5.41, 5.74) is 2.55. The highest BCUT2D eigenvalue weighted by molar-refractivity contribution is 5.87. The van der Waals surface area contributed by atoms with Gasteiger partial charge in [-0.3, -0.25) is 4.79 Å². The zero-order valence-corrected chi connectivity index (χ0v) is 8.15. The number of rotatable bonds is 0. The Bertz CT molecular complexity index is 289. The van der Waals surface area contributed by atoms with Crippen LogP contribution in [0.5, 0.6) is 0 Å². The van der Waals surface area contributed by atoms with Crippen molar-refractivity contribution in [3.8, 4) is 0 Å². The quantitative estimate of drug-likeness (QED) is 0.615. The van der Waals surface area contributed by atoms with E-state index in [1.54, 1.807) is 0 Å². The van der Waals surface area contributed by atoms with Gasteiger partial charge in [0.15, 0.2) is 0 Å². The molecule has 0 aromatic rings. The van der Waals surface area contributed by atoms with Crippen molar-refractivity contribution in [1.82, 2.24) is 10.3 Å². The average Bonchev–Trinajstić information content (AvgIpc) is 2.59. The molecule has 0 aromatic heterocycles. The van der Waals surface area contributed by atoms with Crippen LogP contribution in [0, 0.1) is 5.92 Å². The molecule has 2 fully saturated rings. The molecule has 3 atom stereocenters. The first-order chi connectivity index (χ1) is 6.86. The van der Waals surface area contributed by atoms with E-state index < -0.39 is 0 Å². The van der Waals surface area contributed by atoms with Crippen molar-refractivity contribution in [3.63, 3.8) is 0 Å². The van der Waals surface area contributed by atoms with Gasteiger partial charge in [0.2, 0.25) is 0 Å². The van der Waals surface area contributed by atoms with Gasteiger partial charge in [0.1, 0.15) is 12.4 Å². The van der Waals surface area contributed by atoms with Crippen molar-refractivity contribution in [2.45, 2.75) is 44.2 Å². The first-order valence-corrected chi connectivity index (χ1v) is 5.47. The zero-order chi connectivity index (χ0) is 9.54. The fraction of sp³-hybridized carbons (Fsp3) is 0.800. The number of nitrogens with zero attached hydrogens (tertiary/aromatic N) is 2. The van der Waals surface area contributed by atoms with Crippen LogP contribution in [-0.2, 0) is 4.79 Å². The number of nitrogens with one attached hydrogen (secondary N) is 1. The van der Waals surface area contributed by atoms with E-state index in [0.29, 0.717) is 6.04 Å². The summed E-state index contributed by atoms with van der Waals surface area (Å²) in [7, 11) is 0. The molecule has 4 heteroatoms. The molecule has 0 bridgehead atoms. The average molecular weight is 193 g/mol. The molecule has 1 N–H and O–H groups in total. The second kappa shape index (κ2) is 2.97. The Morgan fingerprint density at radius 1 is 1.43 bits per heavy atom. The molecule has 0 radical (unpaired) electrons. The van der Waals surface area contributed by atoms with Gasteiger partial charge in [0.25, 0.3) is 5.91 Å².